The first kappa shape index (κ1) is 20.5. The average molecular weight is 436 g/mol. The second kappa shape index (κ2) is 9.37. The molecule has 0 unspecified atom stereocenters. The van der Waals surface area contributed by atoms with Gasteiger partial charge < -0.3 is 9.64 Å². The number of amides is 1. The Kier molecular flexibility index (Phi) is 6.18. The third-order valence-corrected chi connectivity index (χ3v) is 7.44. The molecule has 0 spiro atoms. The number of carbonyl (C=O) groups excluding carboxylic acids is 1. The van der Waals surface area contributed by atoms with Gasteiger partial charge in [-0.25, -0.2) is 4.98 Å². The van der Waals surface area contributed by atoms with Crippen LogP contribution < -0.4 is 4.74 Å². The van der Waals surface area contributed by atoms with Crippen molar-refractivity contribution in [3.63, 3.8) is 0 Å². The number of rotatable bonds is 7. The zero-order valence-electron chi connectivity index (χ0n) is 17.8. The van der Waals surface area contributed by atoms with E-state index in [0.717, 1.165) is 74.6 Å². The lowest BCUT2D eigenvalue weighted by atomic mass is 10.0. The van der Waals surface area contributed by atoms with Gasteiger partial charge in [0.1, 0.15) is 12.4 Å². The third-order valence-electron chi connectivity index (χ3n) is 6.40. The fourth-order valence-corrected chi connectivity index (χ4v) is 5.68. The highest BCUT2D eigenvalue weighted by Gasteiger charge is 2.30. The van der Waals surface area contributed by atoms with Crippen LogP contribution in [0.4, 0.5) is 0 Å². The lowest BCUT2D eigenvalue weighted by molar-refractivity contribution is -0.130. The van der Waals surface area contributed by atoms with Crippen LogP contribution in [0.5, 0.6) is 5.75 Å². The first-order valence-corrected chi connectivity index (χ1v) is 12.1. The summed E-state index contributed by atoms with van der Waals surface area (Å²) in [4.78, 5) is 21.2. The summed E-state index contributed by atoms with van der Waals surface area (Å²) in [5.41, 5.74) is 2.34. The molecule has 0 radical (unpaired) electrons. The number of aromatic nitrogens is 1. The van der Waals surface area contributed by atoms with Gasteiger partial charge in [0.05, 0.1) is 15.2 Å². The molecule has 1 amide bonds. The van der Waals surface area contributed by atoms with E-state index in [1.807, 2.05) is 6.07 Å². The quantitative estimate of drug-likeness (QED) is 0.553. The number of thiazole rings is 1. The third kappa shape index (κ3) is 4.91. The van der Waals surface area contributed by atoms with Crippen LogP contribution in [0.1, 0.15) is 36.3 Å². The predicted molar refractivity (Wildman–Crippen MR) is 125 cm³/mol. The zero-order chi connectivity index (χ0) is 21.0. The standard InChI is InChI=1S/C25H29N3O2S/c29-25-6-3-13-28(25)20-11-14-27(15-12-20)16-17-30-21-9-7-19(8-10-21)18-24-26-22-4-1-2-5-23(22)31-24/h1-2,4-5,7-10,20H,3,6,11-18H2. The molecule has 6 heteroatoms. The Morgan fingerprint density at radius 3 is 2.58 bits per heavy atom. The van der Waals surface area contributed by atoms with Gasteiger partial charge in [-0.3, -0.25) is 9.69 Å². The van der Waals surface area contributed by atoms with Crippen molar-refractivity contribution in [2.45, 2.75) is 38.1 Å². The second-order valence-electron chi connectivity index (χ2n) is 8.51. The molecule has 31 heavy (non-hydrogen) atoms. The molecule has 162 valence electrons. The molecular formula is C25H29N3O2S. The lowest BCUT2D eigenvalue weighted by Crippen LogP contribution is -2.46. The molecule has 1 aromatic heterocycles. The van der Waals surface area contributed by atoms with Crippen molar-refractivity contribution in [3.05, 3.63) is 59.1 Å². The molecule has 2 aromatic carbocycles. The number of likely N-dealkylation sites (tertiary alicyclic amines) is 2. The van der Waals surface area contributed by atoms with Crippen molar-refractivity contribution in [2.24, 2.45) is 0 Å². The summed E-state index contributed by atoms with van der Waals surface area (Å²) in [7, 11) is 0. The highest BCUT2D eigenvalue weighted by molar-refractivity contribution is 7.18. The van der Waals surface area contributed by atoms with E-state index in [0.29, 0.717) is 18.6 Å². The number of ether oxygens (including phenoxy) is 1. The molecule has 5 nitrogen and oxygen atoms in total. The zero-order valence-corrected chi connectivity index (χ0v) is 18.7. The van der Waals surface area contributed by atoms with Crippen molar-refractivity contribution in [1.29, 1.82) is 0 Å². The Labute approximate surface area is 187 Å². The Hall–Kier alpha value is -2.44. The molecule has 5 rings (SSSR count). The summed E-state index contributed by atoms with van der Waals surface area (Å²) in [5, 5.41) is 1.15. The molecule has 3 aromatic rings. The summed E-state index contributed by atoms with van der Waals surface area (Å²) < 4.78 is 7.23. The van der Waals surface area contributed by atoms with Gasteiger partial charge in [-0.15, -0.1) is 11.3 Å². The molecular weight excluding hydrogens is 406 g/mol. The summed E-state index contributed by atoms with van der Waals surface area (Å²) in [6.07, 6.45) is 4.81. The van der Waals surface area contributed by atoms with E-state index in [9.17, 15) is 4.79 Å². The van der Waals surface area contributed by atoms with Crippen LogP contribution in [0.15, 0.2) is 48.5 Å². The number of piperidine rings is 1. The highest BCUT2D eigenvalue weighted by Crippen LogP contribution is 2.25. The number of para-hydroxylation sites is 1. The average Bonchev–Trinajstić information content (AvgIpc) is 3.41. The minimum atomic E-state index is 0.355. The van der Waals surface area contributed by atoms with Gasteiger partial charge in [0.2, 0.25) is 5.91 Å². The number of hydrogen-bond acceptors (Lipinski definition) is 5. The molecule has 0 N–H and O–H groups in total. The molecule has 2 aliphatic heterocycles. The van der Waals surface area contributed by atoms with Gasteiger partial charge >= 0.3 is 0 Å². The molecule has 0 saturated carbocycles. The van der Waals surface area contributed by atoms with Crippen molar-refractivity contribution >= 4 is 27.5 Å². The number of nitrogens with zero attached hydrogens (tertiary/aromatic N) is 3. The van der Waals surface area contributed by atoms with Crippen molar-refractivity contribution in [3.8, 4) is 5.75 Å². The molecule has 0 aliphatic carbocycles. The number of benzene rings is 2. The first-order valence-electron chi connectivity index (χ1n) is 11.3. The van der Waals surface area contributed by atoms with Gasteiger partial charge in [0.25, 0.3) is 0 Å². The Balaban J connectivity index is 1.06. The topological polar surface area (TPSA) is 45.7 Å². The van der Waals surface area contributed by atoms with E-state index in [1.54, 1.807) is 11.3 Å². The van der Waals surface area contributed by atoms with Crippen molar-refractivity contribution < 1.29 is 9.53 Å². The predicted octanol–water partition coefficient (Wildman–Crippen LogP) is 4.35. The van der Waals surface area contributed by atoms with Gasteiger partial charge in [-0.1, -0.05) is 24.3 Å². The van der Waals surface area contributed by atoms with E-state index in [1.165, 1.54) is 10.3 Å². The van der Waals surface area contributed by atoms with Crippen LogP contribution >= 0.6 is 11.3 Å². The van der Waals surface area contributed by atoms with Crippen molar-refractivity contribution in [1.82, 2.24) is 14.8 Å². The summed E-state index contributed by atoms with van der Waals surface area (Å²) in [5.74, 6) is 1.28. The SMILES string of the molecule is O=C1CCCN1C1CCN(CCOc2ccc(Cc3nc4ccccc4s3)cc2)CC1. The summed E-state index contributed by atoms with van der Waals surface area (Å²) in [6.45, 7) is 4.71. The molecule has 0 bridgehead atoms. The van der Waals surface area contributed by atoms with E-state index in [-0.39, 0.29) is 0 Å². The monoisotopic (exact) mass is 435 g/mol. The number of hydrogen-bond donors (Lipinski definition) is 0. The minimum absolute atomic E-state index is 0.355. The van der Waals surface area contributed by atoms with E-state index in [2.05, 4.69) is 52.3 Å². The van der Waals surface area contributed by atoms with E-state index >= 15 is 0 Å². The molecule has 3 heterocycles. The maximum Gasteiger partial charge on any atom is 0.222 e. The lowest BCUT2D eigenvalue weighted by Gasteiger charge is -2.36. The fraction of sp³-hybridized carbons (Fsp3) is 0.440. The Morgan fingerprint density at radius 2 is 1.84 bits per heavy atom. The Bertz CT molecular complexity index is 992. The number of fused-ring (bicyclic) bond motifs is 1. The molecule has 0 atom stereocenters. The van der Waals surface area contributed by atoms with Gasteiger partial charge in [0.15, 0.2) is 0 Å². The van der Waals surface area contributed by atoms with E-state index < -0.39 is 0 Å². The van der Waals surface area contributed by atoms with Crippen LogP contribution in [-0.4, -0.2) is 59.5 Å². The van der Waals surface area contributed by atoms with Crippen molar-refractivity contribution in [2.75, 3.05) is 32.8 Å². The maximum absolute atomic E-state index is 11.9. The Morgan fingerprint density at radius 1 is 1.03 bits per heavy atom. The highest BCUT2D eigenvalue weighted by atomic mass is 32.1. The molecule has 2 fully saturated rings. The normalized spacial score (nSPS) is 18.2. The fourth-order valence-electron chi connectivity index (χ4n) is 4.68. The largest absolute Gasteiger partial charge is 0.492 e. The van der Waals surface area contributed by atoms with E-state index in [4.69, 9.17) is 9.72 Å². The van der Waals surface area contributed by atoms with Gasteiger partial charge in [0, 0.05) is 45.1 Å². The first-order chi connectivity index (χ1) is 15.2. The maximum atomic E-state index is 11.9. The van der Waals surface area contributed by atoms with Crippen LogP contribution in [0.3, 0.4) is 0 Å². The minimum Gasteiger partial charge on any atom is -0.492 e. The van der Waals surface area contributed by atoms with Crippen LogP contribution in [-0.2, 0) is 11.2 Å². The molecule has 2 saturated heterocycles. The number of carbonyl (C=O) groups is 1. The van der Waals surface area contributed by atoms with Crippen LogP contribution in [0.2, 0.25) is 0 Å². The summed E-state index contributed by atoms with van der Waals surface area (Å²) >= 11 is 1.76. The van der Waals surface area contributed by atoms with Gasteiger partial charge in [-0.2, -0.15) is 0 Å². The molecule has 2 aliphatic rings. The summed E-state index contributed by atoms with van der Waals surface area (Å²) in [6, 6.07) is 17.2. The second-order valence-corrected chi connectivity index (χ2v) is 9.62. The van der Waals surface area contributed by atoms with Crippen LogP contribution in [0, 0.1) is 0 Å². The smallest absolute Gasteiger partial charge is 0.222 e. The van der Waals surface area contributed by atoms with Crippen LogP contribution in [0.25, 0.3) is 10.2 Å². The van der Waals surface area contributed by atoms with Gasteiger partial charge in [-0.05, 0) is 49.1 Å².